The van der Waals surface area contributed by atoms with Crippen LogP contribution >= 0.6 is 0 Å². The molecule has 0 bridgehead atoms. The highest BCUT2D eigenvalue weighted by Gasteiger charge is 2.20. The first-order valence-corrected chi connectivity index (χ1v) is 8.26. The largest absolute Gasteiger partial charge is 0.508 e. The van der Waals surface area contributed by atoms with Crippen molar-refractivity contribution in [1.82, 2.24) is 0 Å². The molecule has 3 heteroatoms. The molecule has 0 aliphatic heterocycles. The lowest BCUT2D eigenvalue weighted by atomic mass is 9.93. The van der Waals surface area contributed by atoms with Crippen molar-refractivity contribution >= 4 is 0 Å². The number of phenolic OH excluding ortho intramolecular Hbond substituents is 1. The molecule has 1 aliphatic rings. The number of aryl methyl sites for hydroxylation is 1. The summed E-state index contributed by atoms with van der Waals surface area (Å²) in [5, 5.41) is 9.87. The Balaban J connectivity index is 0.000000713. The smallest absolute Gasteiger partial charge is 0.133 e. The summed E-state index contributed by atoms with van der Waals surface area (Å²) in [7, 11) is 0. The molecule has 3 N–H and O–H groups in total. The Labute approximate surface area is 129 Å². The monoisotopic (exact) mass is 297 g/mol. The van der Waals surface area contributed by atoms with E-state index < -0.39 is 0 Å². The maximum Gasteiger partial charge on any atom is 0.133 e. The lowest BCUT2D eigenvalue weighted by Crippen LogP contribution is -2.03. The average molecular weight is 297 g/mol. The van der Waals surface area contributed by atoms with E-state index in [0.29, 0.717) is 5.56 Å². The van der Waals surface area contributed by atoms with E-state index in [4.69, 9.17) is 5.73 Å². The van der Waals surface area contributed by atoms with Gasteiger partial charge in [0.05, 0.1) is 0 Å². The third-order valence-corrected chi connectivity index (χ3v) is 3.43. The standard InChI is InChI=1S/C14H19FO.C2H7N.C2H6/c1-9(2)13-12(16)8-10-6-4-3-5-7-11(10)14(13)15;1-2-3;1-2/h8-9,16H,3-7H2,1-2H3;2-3H2,1H3;1-2H3. The number of hydrogen-bond acceptors (Lipinski definition) is 2. The normalized spacial score (nSPS) is 13.3. The summed E-state index contributed by atoms with van der Waals surface area (Å²) in [6.07, 6.45) is 5.05. The zero-order valence-corrected chi connectivity index (χ0v) is 14.3. The highest BCUT2D eigenvalue weighted by atomic mass is 19.1. The molecule has 0 atom stereocenters. The predicted octanol–water partition coefficient (Wildman–Crippen LogP) is 4.91. The van der Waals surface area contributed by atoms with Crippen molar-refractivity contribution in [2.24, 2.45) is 5.73 Å². The number of benzene rings is 1. The van der Waals surface area contributed by atoms with Crippen molar-refractivity contribution in [3.05, 3.63) is 28.6 Å². The van der Waals surface area contributed by atoms with E-state index in [2.05, 4.69) is 0 Å². The summed E-state index contributed by atoms with van der Waals surface area (Å²) < 4.78 is 14.3. The molecule has 0 heterocycles. The molecule has 0 saturated heterocycles. The Kier molecular flexibility index (Phi) is 10.1. The number of hydrogen-bond donors (Lipinski definition) is 2. The van der Waals surface area contributed by atoms with Crippen molar-refractivity contribution < 1.29 is 9.50 Å². The summed E-state index contributed by atoms with van der Waals surface area (Å²) in [6, 6.07) is 1.78. The molecule has 1 aromatic carbocycles. The molecule has 2 nitrogen and oxygen atoms in total. The highest BCUT2D eigenvalue weighted by Crippen LogP contribution is 2.35. The predicted molar refractivity (Wildman–Crippen MR) is 89.5 cm³/mol. The van der Waals surface area contributed by atoms with Gasteiger partial charge in [-0.3, -0.25) is 0 Å². The van der Waals surface area contributed by atoms with Crippen LogP contribution in [-0.4, -0.2) is 11.7 Å². The second kappa shape index (κ2) is 10.6. The number of aromatic hydroxyl groups is 1. The molecule has 2 rings (SSSR count). The van der Waals surface area contributed by atoms with Gasteiger partial charge < -0.3 is 10.8 Å². The number of halogens is 1. The third-order valence-electron chi connectivity index (χ3n) is 3.43. The number of nitrogens with two attached hydrogens (primary N) is 1. The van der Waals surface area contributed by atoms with E-state index >= 15 is 0 Å². The van der Waals surface area contributed by atoms with Gasteiger partial charge in [0.15, 0.2) is 0 Å². The summed E-state index contributed by atoms with van der Waals surface area (Å²) >= 11 is 0. The lowest BCUT2D eigenvalue weighted by molar-refractivity contribution is 0.450. The van der Waals surface area contributed by atoms with Gasteiger partial charge in [0.1, 0.15) is 11.6 Å². The Morgan fingerprint density at radius 1 is 1.19 bits per heavy atom. The fraction of sp³-hybridized carbons (Fsp3) is 0.667. The lowest BCUT2D eigenvalue weighted by Gasteiger charge is -2.15. The van der Waals surface area contributed by atoms with Crippen molar-refractivity contribution in [3.63, 3.8) is 0 Å². The zero-order valence-electron chi connectivity index (χ0n) is 14.3. The van der Waals surface area contributed by atoms with Gasteiger partial charge in [-0.05, 0) is 55.3 Å². The van der Waals surface area contributed by atoms with Gasteiger partial charge >= 0.3 is 0 Å². The van der Waals surface area contributed by atoms with Crippen molar-refractivity contribution in [2.75, 3.05) is 6.54 Å². The second-order valence-electron chi connectivity index (χ2n) is 5.38. The van der Waals surface area contributed by atoms with Crippen LogP contribution in [0.4, 0.5) is 4.39 Å². The molecule has 0 aromatic heterocycles. The van der Waals surface area contributed by atoms with E-state index in [1.54, 1.807) is 6.07 Å². The summed E-state index contributed by atoms with van der Waals surface area (Å²) in [6.45, 7) is 10.5. The number of fused-ring (bicyclic) bond motifs is 1. The summed E-state index contributed by atoms with van der Waals surface area (Å²) in [5.41, 5.74) is 7.19. The Hall–Kier alpha value is -1.09. The number of rotatable bonds is 1. The minimum absolute atomic E-state index is 0.0357. The molecule has 0 unspecified atom stereocenters. The molecule has 0 saturated carbocycles. The van der Waals surface area contributed by atoms with E-state index in [1.165, 1.54) is 0 Å². The third kappa shape index (κ3) is 5.66. The molecular formula is C18H32FNO. The van der Waals surface area contributed by atoms with Gasteiger partial charge in [-0.2, -0.15) is 0 Å². The van der Waals surface area contributed by atoms with Crippen LogP contribution in [0, 0.1) is 5.82 Å². The van der Waals surface area contributed by atoms with Crippen molar-refractivity contribution in [1.29, 1.82) is 0 Å². The Morgan fingerprint density at radius 3 is 2.24 bits per heavy atom. The van der Waals surface area contributed by atoms with Crippen LogP contribution in [0.25, 0.3) is 0 Å². The van der Waals surface area contributed by atoms with Crippen molar-refractivity contribution in [3.8, 4) is 5.75 Å². The van der Waals surface area contributed by atoms with Crippen LogP contribution in [0.5, 0.6) is 5.75 Å². The fourth-order valence-corrected chi connectivity index (χ4v) is 2.58. The van der Waals surface area contributed by atoms with Crippen LogP contribution in [-0.2, 0) is 12.8 Å². The van der Waals surface area contributed by atoms with Crippen LogP contribution in [0.1, 0.15) is 76.5 Å². The maximum atomic E-state index is 14.3. The van der Waals surface area contributed by atoms with Crippen LogP contribution in [0.2, 0.25) is 0 Å². The van der Waals surface area contributed by atoms with Gasteiger partial charge in [0.2, 0.25) is 0 Å². The minimum atomic E-state index is -0.160. The van der Waals surface area contributed by atoms with Gasteiger partial charge in [0.25, 0.3) is 0 Å². The molecular weight excluding hydrogens is 265 g/mol. The molecule has 0 radical (unpaired) electrons. The molecule has 0 amide bonds. The quantitative estimate of drug-likeness (QED) is 0.723. The Morgan fingerprint density at radius 2 is 1.71 bits per heavy atom. The molecule has 1 aliphatic carbocycles. The first-order valence-electron chi connectivity index (χ1n) is 8.26. The van der Waals surface area contributed by atoms with E-state index in [9.17, 15) is 9.50 Å². The maximum absolute atomic E-state index is 14.3. The summed E-state index contributed by atoms with van der Waals surface area (Å²) in [5.74, 6) is 0.00797. The van der Waals surface area contributed by atoms with E-state index in [0.717, 1.165) is 49.8 Å². The fourth-order valence-electron chi connectivity index (χ4n) is 2.58. The second-order valence-corrected chi connectivity index (χ2v) is 5.38. The highest BCUT2D eigenvalue weighted by molar-refractivity contribution is 5.45. The van der Waals surface area contributed by atoms with Gasteiger partial charge in [0, 0.05) is 5.56 Å². The van der Waals surface area contributed by atoms with Gasteiger partial charge in [-0.25, -0.2) is 4.39 Å². The first kappa shape index (κ1) is 19.9. The van der Waals surface area contributed by atoms with Gasteiger partial charge in [-0.1, -0.05) is 41.0 Å². The topological polar surface area (TPSA) is 46.2 Å². The molecule has 0 fully saturated rings. The van der Waals surface area contributed by atoms with Crippen molar-refractivity contribution in [2.45, 2.75) is 72.6 Å². The molecule has 0 spiro atoms. The van der Waals surface area contributed by atoms with Gasteiger partial charge in [-0.15, -0.1) is 0 Å². The van der Waals surface area contributed by atoms with Crippen LogP contribution in [0.15, 0.2) is 6.07 Å². The van der Waals surface area contributed by atoms with E-state index in [-0.39, 0.29) is 17.5 Å². The zero-order chi connectivity index (χ0) is 16.4. The Bertz CT molecular complexity index is 416. The molecule has 1 aromatic rings. The minimum Gasteiger partial charge on any atom is -0.508 e. The van der Waals surface area contributed by atoms with E-state index in [1.807, 2.05) is 34.6 Å². The molecule has 122 valence electrons. The molecule has 21 heavy (non-hydrogen) atoms. The average Bonchev–Trinajstić information content (AvgIpc) is 2.67. The summed E-state index contributed by atoms with van der Waals surface area (Å²) in [4.78, 5) is 0. The van der Waals surface area contributed by atoms with Crippen LogP contribution < -0.4 is 5.73 Å². The first-order chi connectivity index (χ1) is 10.0. The SMILES string of the molecule is CC.CC(C)c1c(O)cc2c(c1F)CCCCC2.CCN. The van der Waals surface area contributed by atoms with Crippen LogP contribution in [0.3, 0.4) is 0 Å². The number of phenols is 1.